The molecule has 2 aliphatic rings. The van der Waals surface area contributed by atoms with Crippen molar-refractivity contribution in [3.63, 3.8) is 0 Å². The van der Waals surface area contributed by atoms with Crippen LogP contribution in [0.4, 0.5) is 0 Å². The van der Waals surface area contributed by atoms with Crippen molar-refractivity contribution in [1.29, 1.82) is 0 Å². The number of ether oxygens (including phenoxy) is 2. The Balaban J connectivity index is 1.51. The van der Waals surface area contributed by atoms with Gasteiger partial charge in [-0.05, 0) is 46.2 Å². The van der Waals surface area contributed by atoms with Gasteiger partial charge in [0.05, 0.1) is 11.9 Å². The molecule has 0 atom stereocenters. The number of carbonyl (C=O) groups is 2. The number of aryl methyl sites for hydroxylation is 2. The van der Waals surface area contributed by atoms with Gasteiger partial charge < -0.3 is 28.6 Å². The fourth-order valence-electron chi connectivity index (χ4n) is 4.43. The quantitative estimate of drug-likeness (QED) is 0.614. The summed E-state index contributed by atoms with van der Waals surface area (Å²) < 4.78 is 17.6. The Morgan fingerprint density at radius 2 is 1.88 bits per heavy atom. The molecule has 9 heteroatoms. The van der Waals surface area contributed by atoms with E-state index in [0.29, 0.717) is 47.5 Å². The number of rotatable bonds is 5. The molecule has 1 saturated heterocycles. The number of fused-ring (bicyclic) bond motifs is 3. The molecule has 4 rings (SSSR count). The Labute approximate surface area is 199 Å². The molecule has 9 nitrogen and oxygen atoms in total. The van der Waals surface area contributed by atoms with E-state index in [0.717, 1.165) is 25.1 Å². The fourth-order valence-corrected chi connectivity index (χ4v) is 4.43. The lowest BCUT2D eigenvalue weighted by Gasteiger charge is -2.33. The molecule has 1 aromatic heterocycles. The SMILES string of the molecule is Cc1cc(=O)oc2c3c(cc(OCC(=O)N(C)CC(=O)N4CCN(C)CC4)c12)OC(C)(C)CC3. The Morgan fingerprint density at radius 3 is 2.59 bits per heavy atom. The van der Waals surface area contributed by atoms with Crippen LogP contribution in [0, 0.1) is 6.92 Å². The van der Waals surface area contributed by atoms with E-state index in [1.54, 1.807) is 18.0 Å². The van der Waals surface area contributed by atoms with Gasteiger partial charge in [0.25, 0.3) is 5.91 Å². The van der Waals surface area contributed by atoms with Crippen LogP contribution in [-0.2, 0) is 16.0 Å². The standard InChI is InChI=1S/C25H33N3O6/c1-16-12-22(31)33-24-17-6-7-25(2,3)34-18(17)13-19(23(16)24)32-15-21(30)27(5)14-20(29)28-10-8-26(4)9-11-28/h12-13H,6-11,14-15H2,1-5H3. The van der Waals surface area contributed by atoms with Gasteiger partial charge in [-0.3, -0.25) is 9.59 Å². The normalized spacial score (nSPS) is 17.7. The van der Waals surface area contributed by atoms with Crippen molar-refractivity contribution < 1.29 is 23.5 Å². The van der Waals surface area contributed by atoms with Crippen molar-refractivity contribution in [1.82, 2.24) is 14.7 Å². The molecule has 1 fully saturated rings. The van der Waals surface area contributed by atoms with E-state index < -0.39 is 5.63 Å². The summed E-state index contributed by atoms with van der Waals surface area (Å²) in [6.07, 6.45) is 1.50. The average molecular weight is 472 g/mol. The molecular weight excluding hydrogens is 438 g/mol. The Kier molecular flexibility index (Phi) is 6.58. The average Bonchev–Trinajstić information content (AvgIpc) is 2.76. The second-order valence-electron chi connectivity index (χ2n) is 9.89. The van der Waals surface area contributed by atoms with Gasteiger partial charge >= 0.3 is 5.63 Å². The van der Waals surface area contributed by atoms with Gasteiger partial charge in [0.2, 0.25) is 5.91 Å². The van der Waals surface area contributed by atoms with Crippen molar-refractivity contribution in [2.75, 3.05) is 53.4 Å². The third-order valence-corrected chi connectivity index (χ3v) is 6.61. The van der Waals surface area contributed by atoms with Crippen LogP contribution in [-0.4, -0.2) is 85.5 Å². The summed E-state index contributed by atoms with van der Waals surface area (Å²) in [5, 5.41) is 0.658. The Bertz CT molecular complexity index is 1160. The van der Waals surface area contributed by atoms with Gasteiger partial charge in [-0.25, -0.2) is 4.79 Å². The van der Waals surface area contributed by atoms with E-state index in [9.17, 15) is 14.4 Å². The summed E-state index contributed by atoms with van der Waals surface area (Å²) in [5.74, 6) is 0.624. The minimum atomic E-state index is -0.438. The lowest BCUT2D eigenvalue weighted by atomic mass is 9.92. The number of hydrogen-bond acceptors (Lipinski definition) is 7. The van der Waals surface area contributed by atoms with Crippen LogP contribution in [0.15, 0.2) is 21.3 Å². The molecule has 184 valence electrons. The molecule has 2 aromatic rings. The zero-order valence-electron chi connectivity index (χ0n) is 20.6. The van der Waals surface area contributed by atoms with Gasteiger partial charge in [0, 0.05) is 50.9 Å². The smallest absolute Gasteiger partial charge is 0.336 e. The number of piperazine rings is 1. The van der Waals surface area contributed by atoms with Crippen LogP contribution in [0.3, 0.4) is 0 Å². The van der Waals surface area contributed by atoms with Crippen LogP contribution in [0.5, 0.6) is 11.5 Å². The van der Waals surface area contributed by atoms with E-state index in [1.165, 1.54) is 11.0 Å². The summed E-state index contributed by atoms with van der Waals surface area (Å²) in [7, 11) is 3.62. The minimum Gasteiger partial charge on any atom is -0.487 e. The van der Waals surface area contributed by atoms with Crippen molar-refractivity contribution in [3.8, 4) is 11.5 Å². The first-order valence-corrected chi connectivity index (χ1v) is 11.7. The highest BCUT2D eigenvalue weighted by Gasteiger charge is 2.31. The summed E-state index contributed by atoms with van der Waals surface area (Å²) >= 11 is 0. The molecule has 2 aliphatic heterocycles. The first kappa shape index (κ1) is 24.1. The zero-order valence-corrected chi connectivity index (χ0v) is 20.6. The number of nitrogens with zero attached hydrogens (tertiary/aromatic N) is 3. The van der Waals surface area contributed by atoms with Gasteiger partial charge in [-0.15, -0.1) is 0 Å². The molecule has 3 heterocycles. The fraction of sp³-hybridized carbons (Fsp3) is 0.560. The zero-order chi connectivity index (χ0) is 24.6. The maximum atomic E-state index is 12.8. The lowest BCUT2D eigenvalue weighted by molar-refractivity contribution is -0.141. The predicted octanol–water partition coefficient (Wildman–Crippen LogP) is 1.82. The molecule has 34 heavy (non-hydrogen) atoms. The van der Waals surface area contributed by atoms with E-state index in [4.69, 9.17) is 13.9 Å². The monoisotopic (exact) mass is 471 g/mol. The highest BCUT2D eigenvalue weighted by atomic mass is 16.5. The summed E-state index contributed by atoms with van der Waals surface area (Å²) in [6, 6.07) is 3.19. The van der Waals surface area contributed by atoms with Gasteiger partial charge in [-0.1, -0.05) is 0 Å². The van der Waals surface area contributed by atoms with E-state index in [1.807, 2.05) is 27.8 Å². The van der Waals surface area contributed by atoms with Crippen LogP contribution in [0.25, 0.3) is 11.0 Å². The lowest BCUT2D eigenvalue weighted by Crippen LogP contribution is -2.50. The third kappa shape index (κ3) is 5.04. The largest absolute Gasteiger partial charge is 0.487 e. The number of likely N-dealkylation sites (N-methyl/N-ethyl adjacent to an activating group) is 2. The molecule has 0 bridgehead atoms. The summed E-state index contributed by atoms with van der Waals surface area (Å²) in [4.78, 5) is 42.8. The summed E-state index contributed by atoms with van der Waals surface area (Å²) in [5.41, 5.74) is 1.19. The molecule has 0 N–H and O–H groups in total. The maximum absolute atomic E-state index is 12.8. The molecule has 2 amide bonds. The van der Waals surface area contributed by atoms with E-state index in [2.05, 4.69) is 4.90 Å². The molecule has 0 aliphatic carbocycles. The first-order chi connectivity index (χ1) is 16.0. The van der Waals surface area contributed by atoms with Gasteiger partial charge in [-0.2, -0.15) is 0 Å². The van der Waals surface area contributed by atoms with E-state index >= 15 is 0 Å². The molecule has 1 aromatic carbocycles. The number of hydrogen-bond donors (Lipinski definition) is 0. The van der Waals surface area contributed by atoms with Crippen molar-refractivity contribution in [3.05, 3.63) is 33.7 Å². The predicted molar refractivity (Wildman–Crippen MR) is 127 cm³/mol. The van der Waals surface area contributed by atoms with Crippen LogP contribution in [0.1, 0.15) is 31.4 Å². The molecule has 0 radical (unpaired) electrons. The van der Waals surface area contributed by atoms with Crippen LogP contribution < -0.4 is 15.1 Å². The summed E-state index contributed by atoms with van der Waals surface area (Å²) in [6.45, 7) is 8.55. The highest BCUT2D eigenvalue weighted by Crippen LogP contribution is 2.42. The Hall–Kier alpha value is -3.07. The second-order valence-corrected chi connectivity index (χ2v) is 9.89. The van der Waals surface area contributed by atoms with Crippen molar-refractivity contribution in [2.24, 2.45) is 0 Å². The number of carbonyl (C=O) groups excluding carboxylic acids is 2. The van der Waals surface area contributed by atoms with E-state index in [-0.39, 0.29) is 30.6 Å². The molecule has 0 spiro atoms. The Morgan fingerprint density at radius 1 is 1.18 bits per heavy atom. The molecular formula is C25H33N3O6. The maximum Gasteiger partial charge on any atom is 0.336 e. The van der Waals surface area contributed by atoms with Gasteiger partial charge in [0.1, 0.15) is 22.7 Å². The minimum absolute atomic E-state index is 0.00203. The van der Waals surface area contributed by atoms with Crippen molar-refractivity contribution in [2.45, 2.75) is 39.2 Å². The third-order valence-electron chi connectivity index (χ3n) is 6.61. The highest BCUT2D eigenvalue weighted by molar-refractivity contribution is 5.92. The second kappa shape index (κ2) is 9.29. The first-order valence-electron chi connectivity index (χ1n) is 11.7. The van der Waals surface area contributed by atoms with Crippen LogP contribution in [0.2, 0.25) is 0 Å². The van der Waals surface area contributed by atoms with Crippen molar-refractivity contribution >= 4 is 22.8 Å². The molecule has 0 saturated carbocycles. The topological polar surface area (TPSA) is 92.5 Å². The van der Waals surface area contributed by atoms with Gasteiger partial charge in [0.15, 0.2) is 6.61 Å². The number of amides is 2. The molecule has 0 unspecified atom stereocenters. The van der Waals surface area contributed by atoms with Crippen LogP contribution >= 0.6 is 0 Å². The number of benzene rings is 1.